The molecule has 0 radical (unpaired) electrons. The van der Waals surface area contributed by atoms with Gasteiger partial charge in [0.2, 0.25) is 10.0 Å². The van der Waals surface area contributed by atoms with Crippen LogP contribution in [-0.4, -0.2) is 63.4 Å². The van der Waals surface area contributed by atoms with Crippen molar-refractivity contribution in [1.29, 1.82) is 0 Å². The van der Waals surface area contributed by atoms with Crippen LogP contribution in [0.4, 0.5) is 5.82 Å². The minimum Gasteiger partial charge on any atom is -0.481 e. The van der Waals surface area contributed by atoms with Crippen molar-refractivity contribution in [2.45, 2.75) is 66.5 Å². The number of carboxylic acids is 1. The van der Waals surface area contributed by atoms with Crippen LogP contribution in [0, 0.1) is 11.8 Å². The van der Waals surface area contributed by atoms with Gasteiger partial charge in [0, 0.05) is 36.8 Å². The first kappa shape index (κ1) is 36.7. The number of thiophene rings is 1. The molecule has 1 aromatic carbocycles. The van der Waals surface area contributed by atoms with Crippen LogP contribution in [-0.2, 0) is 24.8 Å². The summed E-state index contributed by atoms with van der Waals surface area (Å²) in [4.78, 5) is 18.1. The van der Waals surface area contributed by atoms with Gasteiger partial charge in [-0.25, -0.2) is 26.5 Å². The molecule has 2 fully saturated rings. The minimum atomic E-state index is -4.04. The Morgan fingerprint density at radius 2 is 1.60 bits per heavy atom. The second kappa shape index (κ2) is 16.0. The maximum atomic E-state index is 13.2. The van der Waals surface area contributed by atoms with Crippen molar-refractivity contribution < 1.29 is 26.7 Å². The van der Waals surface area contributed by atoms with Crippen LogP contribution in [0.1, 0.15) is 63.0 Å². The van der Waals surface area contributed by atoms with E-state index in [2.05, 4.69) is 46.5 Å². The van der Waals surface area contributed by atoms with E-state index in [0.717, 1.165) is 69.4 Å². The lowest BCUT2D eigenvalue weighted by Gasteiger charge is -2.34. The Morgan fingerprint density at radius 1 is 0.979 bits per heavy atom. The summed E-state index contributed by atoms with van der Waals surface area (Å²) in [7, 11) is -7.55. The van der Waals surface area contributed by atoms with Crippen molar-refractivity contribution in [3.63, 3.8) is 0 Å². The molecule has 0 amide bonds. The minimum absolute atomic E-state index is 0.0400. The van der Waals surface area contributed by atoms with Gasteiger partial charge in [-0.2, -0.15) is 4.31 Å². The molecule has 0 saturated carbocycles. The van der Waals surface area contributed by atoms with Crippen molar-refractivity contribution in [2.75, 3.05) is 31.1 Å². The molecule has 16 heteroatoms. The van der Waals surface area contributed by atoms with E-state index < -0.39 is 32.1 Å². The lowest BCUT2D eigenvalue weighted by Crippen LogP contribution is -2.38. The fourth-order valence-corrected chi connectivity index (χ4v) is 12.2. The number of pyridine rings is 1. The predicted molar refractivity (Wildman–Crippen MR) is 191 cm³/mol. The largest absolute Gasteiger partial charge is 0.481 e. The summed E-state index contributed by atoms with van der Waals surface area (Å²) < 4.78 is 58.5. The third-order valence-electron chi connectivity index (χ3n) is 8.91. The van der Waals surface area contributed by atoms with Crippen LogP contribution in [0.25, 0.3) is 0 Å². The van der Waals surface area contributed by atoms with Crippen molar-refractivity contribution in [3.05, 3.63) is 67.5 Å². The fourth-order valence-electron chi connectivity index (χ4n) is 6.28. The lowest BCUT2D eigenvalue weighted by atomic mass is 9.87. The van der Waals surface area contributed by atoms with Crippen molar-refractivity contribution >= 4 is 86.6 Å². The van der Waals surface area contributed by atoms with Crippen LogP contribution in [0.5, 0.6) is 0 Å². The quantitative estimate of drug-likeness (QED) is 0.183. The molecule has 0 aliphatic carbocycles. The van der Waals surface area contributed by atoms with E-state index in [1.807, 2.05) is 0 Å². The molecular formula is C31H37Br2ClN4O6S3. The number of hydrogen-bond acceptors (Lipinski definition) is 8. The Morgan fingerprint density at radius 3 is 2.15 bits per heavy atom. The second-order valence-electron chi connectivity index (χ2n) is 12.1. The zero-order valence-electron chi connectivity index (χ0n) is 25.5. The average Bonchev–Trinajstić information content (AvgIpc) is 3.40. The second-order valence-corrected chi connectivity index (χ2v) is 19.3. The summed E-state index contributed by atoms with van der Waals surface area (Å²) >= 11 is 14.0. The van der Waals surface area contributed by atoms with E-state index in [4.69, 9.17) is 11.6 Å². The van der Waals surface area contributed by atoms with Gasteiger partial charge < -0.3 is 10.0 Å². The van der Waals surface area contributed by atoms with Gasteiger partial charge in [0.25, 0.3) is 10.0 Å². The molecule has 2 aromatic heterocycles. The van der Waals surface area contributed by atoms with Crippen LogP contribution in [0.3, 0.4) is 0 Å². The summed E-state index contributed by atoms with van der Waals surface area (Å²) in [6.45, 7) is 2.70. The number of aromatic nitrogens is 1. The van der Waals surface area contributed by atoms with Crippen LogP contribution in [0.2, 0.25) is 4.34 Å². The third kappa shape index (κ3) is 9.35. The van der Waals surface area contributed by atoms with Crippen molar-refractivity contribution in [1.82, 2.24) is 14.0 Å². The normalized spacial score (nSPS) is 18.0. The molecule has 2 saturated heterocycles. The number of carboxylic acid groups (broad SMARTS) is 1. The molecule has 1 unspecified atom stereocenters. The Labute approximate surface area is 302 Å². The first-order valence-electron chi connectivity index (χ1n) is 15.5. The van der Waals surface area contributed by atoms with Crippen molar-refractivity contribution in [3.8, 4) is 0 Å². The molecule has 256 valence electrons. The van der Waals surface area contributed by atoms with Gasteiger partial charge >= 0.3 is 5.97 Å². The number of nitrogens with one attached hydrogen (secondary N) is 1. The molecule has 0 bridgehead atoms. The first-order chi connectivity index (χ1) is 22.3. The van der Waals surface area contributed by atoms with Gasteiger partial charge in [-0.1, -0.05) is 61.2 Å². The SMILES string of the molecule is O=C(O)CC(NS(=O)(=O)c1cnc(N2CCC(CCCC3CCN(S(=O)(=O)c4cc(Br)c(Cl)s4)CC3)CC2)c(Br)c1)c1ccccc1. The van der Waals surface area contributed by atoms with Gasteiger partial charge in [-0.15, -0.1) is 11.3 Å². The number of hydrogen-bond donors (Lipinski definition) is 2. The Balaban J connectivity index is 1.07. The van der Waals surface area contributed by atoms with Gasteiger partial charge in [0.1, 0.15) is 19.3 Å². The molecule has 2 aliphatic heterocycles. The maximum Gasteiger partial charge on any atom is 0.305 e. The summed E-state index contributed by atoms with van der Waals surface area (Å²) in [5, 5.41) is 9.35. The zero-order chi connectivity index (χ0) is 33.8. The number of nitrogens with zero attached hydrogens (tertiary/aromatic N) is 3. The number of benzene rings is 1. The lowest BCUT2D eigenvalue weighted by molar-refractivity contribution is -0.137. The van der Waals surface area contributed by atoms with E-state index in [1.165, 1.54) is 12.3 Å². The number of anilines is 1. The van der Waals surface area contributed by atoms with Crippen LogP contribution < -0.4 is 9.62 Å². The highest BCUT2D eigenvalue weighted by molar-refractivity contribution is 9.11. The first-order valence-corrected chi connectivity index (χ1v) is 21.2. The highest BCUT2D eigenvalue weighted by atomic mass is 79.9. The predicted octanol–water partition coefficient (Wildman–Crippen LogP) is 7.30. The number of halogens is 3. The standard InChI is InChI=1S/C31H37Br2ClN4O6S3/c32-25-18-29(45-30(25)34)47(43,44)38-15-11-22(12-16-38)6-4-5-21-9-13-37(14-10-21)31-26(33)17-24(20-35-31)46(41,42)36-27(19-28(39)40)23-7-2-1-3-8-23/h1-3,7-8,17-18,20-22,27,36H,4-6,9-16,19H2,(H,39,40). The van der Waals surface area contributed by atoms with E-state index in [0.29, 0.717) is 49.6 Å². The average molecular weight is 853 g/mol. The number of rotatable bonds is 13. The summed E-state index contributed by atoms with van der Waals surface area (Å²) in [5.41, 5.74) is 0.565. The number of carbonyl (C=O) groups is 1. The number of piperidine rings is 2. The number of aliphatic carboxylic acids is 1. The summed E-state index contributed by atoms with van der Waals surface area (Å²) in [6.07, 6.45) is 8.03. The fraction of sp³-hybridized carbons (Fsp3) is 0.484. The molecule has 2 aliphatic rings. The van der Waals surface area contributed by atoms with Gasteiger partial charge in [-0.05, 0) is 87.1 Å². The molecule has 5 rings (SSSR count). The Hall–Kier alpha value is -1.59. The topological polar surface area (TPSA) is 137 Å². The van der Waals surface area contributed by atoms with E-state index in [1.54, 1.807) is 40.7 Å². The van der Waals surface area contributed by atoms with Gasteiger partial charge in [0.05, 0.1) is 16.9 Å². The van der Waals surface area contributed by atoms with Crippen LogP contribution >= 0.6 is 54.8 Å². The monoisotopic (exact) mass is 850 g/mol. The molecule has 2 N–H and O–H groups in total. The van der Waals surface area contributed by atoms with E-state index in [9.17, 15) is 26.7 Å². The van der Waals surface area contributed by atoms with Crippen LogP contribution in [0.15, 0.2) is 66.7 Å². The third-order valence-corrected chi connectivity index (χ3v) is 15.8. The summed E-state index contributed by atoms with van der Waals surface area (Å²) in [5.74, 6) is 0.701. The van der Waals surface area contributed by atoms with Gasteiger partial charge in [-0.3, -0.25) is 4.79 Å². The Bertz CT molecular complexity index is 1740. The Kier molecular flexibility index (Phi) is 12.5. The molecule has 0 spiro atoms. The molecule has 1 atom stereocenters. The summed E-state index contributed by atoms with van der Waals surface area (Å²) in [6, 6.07) is 10.8. The molecule has 47 heavy (non-hydrogen) atoms. The highest BCUT2D eigenvalue weighted by Gasteiger charge is 2.32. The number of sulfonamides is 2. The van der Waals surface area contributed by atoms with E-state index in [-0.39, 0.29) is 15.5 Å². The zero-order valence-corrected chi connectivity index (χ0v) is 31.9. The molecule has 3 aromatic rings. The molecule has 4 heterocycles. The molecular weight excluding hydrogens is 816 g/mol. The van der Waals surface area contributed by atoms with E-state index >= 15 is 0 Å². The molecule has 10 nitrogen and oxygen atoms in total. The van der Waals surface area contributed by atoms with Crippen molar-refractivity contribution in [2.24, 2.45) is 11.8 Å². The maximum absolute atomic E-state index is 13.2. The van der Waals surface area contributed by atoms with Gasteiger partial charge in [0.15, 0.2) is 0 Å². The highest BCUT2D eigenvalue weighted by Crippen LogP contribution is 2.38. The smallest absolute Gasteiger partial charge is 0.305 e.